The highest BCUT2D eigenvalue weighted by molar-refractivity contribution is 5.21. The molecule has 0 N–H and O–H groups in total. The summed E-state index contributed by atoms with van der Waals surface area (Å²) in [6, 6.07) is 9.88. The van der Waals surface area contributed by atoms with Crippen LogP contribution in [0.4, 0.5) is 0 Å². The standard InChI is InChI=1S/C9H10NO2/c1-2-4-8(5-3-1)12-9-6-10(9)7-11-10/h1-5,9H,6-7H2/q+1/t9-,10?/m0/s1. The number of hydrogen-bond donors (Lipinski definition) is 0. The van der Waals surface area contributed by atoms with Gasteiger partial charge < -0.3 is 4.74 Å². The molecular weight excluding hydrogens is 154 g/mol. The maximum absolute atomic E-state index is 5.65. The molecule has 0 radical (unpaired) electrons. The Morgan fingerprint density at radius 2 is 2.08 bits per heavy atom. The summed E-state index contributed by atoms with van der Waals surface area (Å²) in [5, 5.41) is 0. The predicted molar refractivity (Wildman–Crippen MR) is 41.9 cm³/mol. The van der Waals surface area contributed by atoms with E-state index in [2.05, 4.69) is 0 Å². The van der Waals surface area contributed by atoms with Crippen LogP contribution in [0.15, 0.2) is 30.3 Å². The van der Waals surface area contributed by atoms with Crippen molar-refractivity contribution in [2.75, 3.05) is 13.3 Å². The van der Waals surface area contributed by atoms with Gasteiger partial charge in [-0.25, -0.2) is 0 Å². The third kappa shape index (κ3) is 0.906. The van der Waals surface area contributed by atoms with E-state index >= 15 is 0 Å². The Kier molecular flexibility index (Phi) is 1.07. The van der Waals surface area contributed by atoms with Gasteiger partial charge in [-0.15, -0.1) is 4.84 Å². The minimum Gasteiger partial charge on any atom is -0.435 e. The lowest BCUT2D eigenvalue weighted by Crippen LogP contribution is -2.06. The van der Waals surface area contributed by atoms with Gasteiger partial charge in [0.1, 0.15) is 5.75 Å². The van der Waals surface area contributed by atoms with Crippen molar-refractivity contribution in [2.24, 2.45) is 0 Å². The van der Waals surface area contributed by atoms with Crippen LogP contribution in [0.3, 0.4) is 0 Å². The van der Waals surface area contributed by atoms with Gasteiger partial charge in [0.15, 0.2) is 0 Å². The molecule has 3 rings (SSSR count). The first kappa shape index (κ1) is 6.46. The van der Waals surface area contributed by atoms with Gasteiger partial charge in [0.05, 0.1) is 0 Å². The molecule has 12 heavy (non-hydrogen) atoms. The minimum absolute atomic E-state index is 0.257. The topological polar surface area (TPSA) is 21.8 Å². The van der Waals surface area contributed by atoms with E-state index in [1.54, 1.807) is 0 Å². The summed E-state index contributed by atoms with van der Waals surface area (Å²) in [4.78, 5) is 5.20. The zero-order valence-electron chi connectivity index (χ0n) is 6.64. The van der Waals surface area contributed by atoms with Crippen LogP contribution >= 0.6 is 0 Å². The van der Waals surface area contributed by atoms with Crippen molar-refractivity contribution in [3.8, 4) is 5.75 Å². The zero-order chi connectivity index (χ0) is 8.02. The third-order valence-corrected chi connectivity index (χ3v) is 2.33. The van der Waals surface area contributed by atoms with E-state index in [9.17, 15) is 0 Å². The lowest BCUT2D eigenvalue weighted by Gasteiger charge is -1.98. The molecule has 2 aliphatic rings. The van der Waals surface area contributed by atoms with Crippen LogP contribution in [0.1, 0.15) is 0 Å². The van der Waals surface area contributed by atoms with Crippen molar-refractivity contribution >= 4 is 0 Å². The Hall–Kier alpha value is -1.06. The van der Waals surface area contributed by atoms with Crippen molar-refractivity contribution in [1.82, 2.24) is 0 Å². The predicted octanol–water partition coefficient (Wildman–Crippen LogP) is 1.12. The summed E-state index contributed by atoms with van der Waals surface area (Å²) in [7, 11) is 0. The average Bonchev–Trinajstić information content (AvgIpc) is 2.98. The smallest absolute Gasteiger partial charge is 0.318 e. The number of benzene rings is 1. The molecule has 3 heteroatoms. The van der Waals surface area contributed by atoms with E-state index in [1.165, 1.54) is 0 Å². The first-order valence-electron chi connectivity index (χ1n) is 4.12. The lowest BCUT2D eigenvalue weighted by molar-refractivity contribution is -0.812. The normalized spacial score (nSPS) is 36.5. The highest BCUT2D eigenvalue weighted by Crippen LogP contribution is 2.43. The Morgan fingerprint density at radius 3 is 2.67 bits per heavy atom. The number of rotatable bonds is 2. The number of hydroxylamine groups is 3. The van der Waals surface area contributed by atoms with Crippen LogP contribution in [-0.2, 0) is 4.84 Å². The van der Waals surface area contributed by atoms with Gasteiger partial charge >= 0.3 is 6.23 Å². The number of hydrogen-bond acceptors (Lipinski definition) is 2. The fourth-order valence-corrected chi connectivity index (χ4v) is 1.35. The molecule has 1 spiro atoms. The quantitative estimate of drug-likeness (QED) is 0.482. The second-order valence-corrected chi connectivity index (χ2v) is 3.28. The van der Waals surface area contributed by atoms with E-state index in [-0.39, 0.29) is 6.23 Å². The van der Waals surface area contributed by atoms with E-state index in [4.69, 9.17) is 9.57 Å². The second kappa shape index (κ2) is 2.00. The van der Waals surface area contributed by atoms with Crippen LogP contribution < -0.4 is 4.74 Å². The fraction of sp³-hybridized carbons (Fsp3) is 0.333. The largest absolute Gasteiger partial charge is 0.435 e. The summed E-state index contributed by atoms with van der Waals surface area (Å²) >= 11 is 0. The van der Waals surface area contributed by atoms with Gasteiger partial charge in [0.25, 0.3) is 6.73 Å². The Balaban J connectivity index is 1.69. The molecule has 2 aliphatic heterocycles. The first-order valence-corrected chi connectivity index (χ1v) is 4.12. The molecule has 0 amide bonds. The maximum atomic E-state index is 5.65. The van der Waals surface area contributed by atoms with Gasteiger partial charge in [-0.05, 0) is 12.1 Å². The van der Waals surface area contributed by atoms with Gasteiger partial charge in [-0.3, -0.25) is 0 Å². The fourth-order valence-electron chi connectivity index (χ4n) is 1.35. The zero-order valence-corrected chi connectivity index (χ0v) is 6.64. The van der Waals surface area contributed by atoms with E-state index in [0.29, 0.717) is 0 Å². The molecule has 2 fully saturated rings. The summed E-state index contributed by atoms with van der Waals surface area (Å²) in [6.07, 6.45) is 0.257. The van der Waals surface area contributed by atoms with Crippen molar-refractivity contribution < 1.29 is 14.2 Å². The molecule has 0 aliphatic carbocycles. The Morgan fingerprint density at radius 1 is 1.33 bits per heavy atom. The summed E-state index contributed by atoms with van der Waals surface area (Å²) in [5.41, 5.74) is 0. The van der Waals surface area contributed by atoms with Crippen LogP contribution in [0.25, 0.3) is 0 Å². The van der Waals surface area contributed by atoms with Crippen molar-refractivity contribution in [3.05, 3.63) is 30.3 Å². The van der Waals surface area contributed by atoms with Crippen molar-refractivity contribution in [1.29, 1.82) is 0 Å². The summed E-state index contributed by atoms with van der Waals surface area (Å²) in [5.74, 6) is 0.938. The van der Waals surface area contributed by atoms with Gasteiger partial charge in [-0.1, -0.05) is 22.8 Å². The van der Waals surface area contributed by atoms with E-state index < -0.39 is 0 Å². The molecule has 0 bridgehead atoms. The Labute approximate surface area is 70.7 Å². The van der Waals surface area contributed by atoms with Crippen molar-refractivity contribution in [2.45, 2.75) is 6.23 Å². The van der Waals surface area contributed by atoms with Crippen LogP contribution in [0.5, 0.6) is 5.75 Å². The molecule has 62 valence electrons. The number of para-hydroxylation sites is 1. The van der Waals surface area contributed by atoms with E-state index in [0.717, 1.165) is 23.7 Å². The molecule has 2 heterocycles. The monoisotopic (exact) mass is 164 g/mol. The van der Waals surface area contributed by atoms with E-state index in [1.807, 2.05) is 30.3 Å². The molecule has 2 atom stereocenters. The van der Waals surface area contributed by atoms with Crippen LogP contribution in [0.2, 0.25) is 0 Å². The number of ether oxygens (including phenoxy) is 1. The van der Waals surface area contributed by atoms with Gasteiger partial charge in [0, 0.05) is 0 Å². The SMILES string of the molecule is c1ccc(O[C@H]2C[N+]23CO3)cc1. The molecule has 2 saturated heterocycles. The van der Waals surface area contributed by atoms with Gasteiger partial charge in [0.2, 0.25) is 6.54 Å². The first-order chi connectivity index (χ1) is 5.89. The molecule has 3 nitrogen and oxygen atoms in total. The lowest BCUT2D eigenvalue weighted by atomic mass is 10.3. The number of quaternary nitrogens is 1. The van der Waals surface area contributed by atoms with Crippen LogP contribution in [0, 0.1) is 0 Å². The average molecular weight is 164 g/mol. The molecular formula is C9H10NO2+. The maximum Gasteiger partial charge on any atom is 0.318 e. The van der Waals surface area contributed by atoms with Crippen LogP contribution in [-0.4, -0.2) is 24.1 Å². The second-order valence-electron chi connectivity index (χ2n) is 3.28. The molecule has 1 aromatic rings. The highest BCUT2D eigenvalue weighted by atomic mass is 16.9. The number of nitrogens with zero attached hydrogens (tertiary/aromatic N) is 1. The summed E-state index contributed by atoms with van der Waals surface area (Å²) < 4.78 is 6.38. The minimum atomic E-state index is 0.257. The highest BCUT2D eigenvalue weighted by Gasteiger charge is 2.72. The van der Waals surface area contributed by atoms with Crippen molar-refractivity contribution in [3.63, 3.8) is 0 Å². The molecule has 1 unspecified atom stereocenters. The molecule has 0 aromatic heterocycles. The summed E-state index contributed by atoms with van der Waals surface area (Å²) in [6.45, 7) is 1.84. The van der Waals surface area contributed by atoms with Gasteiger partial charge in [-0.2, -0.15) is 0 Å². The third-order valence-electron chi connectivity index (χ3n) is 2.33. The molecule has 1 aromatic carbocycles. The molecule has 0 saturated carbocycles. The Bertz CT molecular complexity index is 295.